The van der Waals surface area contributed by atoms with Crippen molar-refractivity contribution in [3.05, 3.63) is 47.2 Å². The summed E-state index contributed by atoms with van der Waals surface area (Å²) in [7, 11) is 0. The molecule has 0 spiro atoms. The Hall–Kier alpha value is -2.87. The molecule has 1 aromatic rings. The number of urea groups is 1. The number of nitrogens with two attached hydrogens (primary N) is 1. The molecule has 1 fully saturated rings. The average molecular weight is 415 g/mol. The van der Waals surface area contributed by atoms with E-state index in [1.54, 1.807) is 11.8 Å². The van der Waals surface area contributed by atoms with Crippen molar-refractivity contribution in [1.29, 1.82) is 0 Å². The van der Waals surface area contributed by atoms with E-state index in [4.69, 9.17) is 10.5 Å². The van der Waals surface area contributed by atoms with E-state index < -0.39 is 12.0 Å². The summed E-state index contributed by atoms with van der Waals surface area (Å²) in [5.74, 6) is -0.807. The molecule has 0 aromatic heterocycles. The van der Waals surface area contributed by atoms with Gasteiger partial charge >= 0.3 is 12.0 Å². The van der Waals surface area contributed by atoms with E-state index in [9.17, 15) is 14.4 Å². The SMILES string of the molecule is CCOC(=O)C1=C(CN2CCC(C(N)=O)CC2)N(CC)C(=O)N[C@@H]1c1ccccc1. The number of nitrogens with zero attached hydrogens (tertiary/aromatic N) is 2. The maximum atomic E-state index is 13.0. The lowest BCUT2D eigenvalue weighted by atomic mass is 9.93. The van der Waals surface area contributed by atoms with Gasteiger partial charge in [0.1, 0.15) is 0 Å². The zero-order chi connectivity index (χ0) is 21.7. The molecule has 0 unspecified atom stereocenters. The summed E-state index contributed by atoms with van der Waals surface area (Å²) in [4.78, 5) is 41.1. The van der Waals surface area contributed by atoms with Crippen LogP contribution in [0.1, 0.15) is 38.3 Å². The number of likely N-dealkylation sites (N-methyl/N-ethyl adjacent to an activating group) is 1. The molecule has 2 aliphatic rings. The van der Waals surface area contributed by atoms with Crippen molar-refractivity contribution in [2.75, 3.05) is 32.8 Å². The Kier molecular flexibility index (Phi) is 7.10. The molecule has 3 rings (SSSR count). The van der Waals surface area contributed by atoms with Gasteiger partial charge < -0.3 is 15.8 Å². The van der Waals surface area contributed by atoms with Gasteiger partial charge in [-0.3, -0.25) is 14.6 Å². The van der Waals surface area contributed by atoms with Gasteiger partial charge in [0.2, 0.25) is 5.91 Å². The number of primary amides is 1. The van der Waals surface area contributed by atoms with Crippen molar-refractivity contribution in [3.8, 4) is 0 Å². The number of esters is 1. The number of hydrogen-bond donors (Lipinski definition) is 2. The average Bonchev–Trinajstić information content (AvgIpc) is 2.74. The number of benzene rings is 1. The second-order valence-electron chi connectivity index (χ2n) is 7.57. The minimum Gasteiger partial charge on any atom is -0.463 e. The standard InChI is InChI=1S/C22H30N4O4/c1-3-26-17(14-25-12-10-16(11-13-25)20(23)27)18(21(28)30-4-2)19(24-22(26)29)15-8-6-5-7-9-15/h5-9,16,19H,3-4,10-14H2,1-2H3,(H2,23,27)(H,24,29)/t19-/m1/s1. The first-order valence-corrected chi connectivity index (χ1v) is 10.5. The molecular weight excluding hydrogens is 384 g/mol. The van der Waals surface area contributed by atoms with E-state index in [0.29, 0.717) is 50.3 Å². The predicted molar refractivity (Wildman–Crippen MR) is 112 cm³/mol. The van der Waals surface area contributed by atoms with Crippen molar-refractivity contribution in [2.45, 2.75) is 32.7 Å². The Balaban J connectivity index is 1.97. The minimum atomic E-state index is -0.571. The summed E-state index contributed by atoms with van der Waals surface area (Å²) in [6, 6.07) is 8.63. The molecule has 1 atom stereocenters. The number of rotatable bonds is 7. The largest absolute Gasteiger partial charge is 0.463 e. The third kappa shape index (κ3) is 4.64. The Labute approximate surface area is 177 Å². The fraction of sp³-hybridized carbons (Fsp3) is 0.500. The summed E-state index contributed by atoms with van der Waals surface area (Å²) in [5, 5.41) is 2.96. The molecule has 2 aliphatic heterocycles. The van der Waals surface area contributed by atoms with Crippen LogP contribution in [-0.4, -0.2) is 60.5 Å². The monoisotopic (exact) mass is 414 g/mol. The number of amides is 3. The fourth-order valence-corrected chi connectivity index (χ4v) is 4.14. The third-order valence-electron chi connectivity index (χ3n) is 5.75. The Morgan fingerprint density at radius 1 is 1.17 bits per heavy atom. The van der Waals surface area contributed by atoms with Crippen LogP contribution in [0.2, 0.25) is 0 Å². The highest BCUT2D eigenvalue weighted by Gasteiger charge is 2.38. The number of likely N-dealkylation sites (tertiary alicyclic amines) is 1. The molecule has 0 bridgehead atoms. The number of hydrogen-bond acceptors (Lipinski definition) is 5. The highest BCUT2D eigenvalue weighted by Crippen LogP contribution is 2.32. The van der Waals surface area contributed by atoms with E-state index in [1.165, 1.54) is 0 Å². The van der Waals surface area contributed by atoms with Gasteiger partial charge in [0.05, 0.1) is 18.2 Å². The highest BCUT2D eigenvalue weighted by molar-refractivity contribution is 5.95. The van der Waals surface area contributed by atoms with Crippen LogP contribution >= 0.6 is 0 Å². The van der Waals surface area contributed by atoms with E-state index in [0.717, 1.165) is 5.56 Å². The number of ether oxygens (including phenoxy) is 1. The number of nitrogens with one attached hydrogen (secondary N) is 1. The zero-order valence-electron chi connectivity index (χ0n) is 17.6. The Morgan fingerprint density at radius 2 is 1.83 bits per heavy atom. The number of carbonyl (C=O) groups excluding carboxylic acids is 3. The molecule has 30 heavy (non-hydrogen) atoms. The van der Waals surface area contributed by atoms with E-state index in [1.807, 2.05) is 37.3 Å². The molecule has 8 heteroatoms. The Morgan fingerprint density at radius 3 is 2.40 bits per heavy atom. The first-order chi connectivity index (χ1) is 14.5. The second-order valence-corrected chi connectivity index (χ2v) is 7.57. The summed E-state index contributed by atoms with van der Waals surface area (Å²) in [5.41, 5.74) is 7.39. The van der Waals surface area contributed by atoms with E-state index in [2.05, 4.69) is 10.2 Å². The topological polar surface area (TPSA) is 105 Å². The molecule has 3 N–H and O–H groups in total. The smallest absolute Gasteiger partial charge is 0.338 e. The second kappa shape index (κ2) is 9.75. The molecule has 162 valence electrons. The van der Waals surface area contributed by atoms with Crippen LogP contribution in [0, 0.1) is 5.92 Å². The number of carbonyl (C=O) groups is 3. The lowest BCUT2D eigenvalue weighted by molar-refractivity contribution is -0.139. The zero-order valence-corrected chi connectivity index (χ0v) is 17.6. The summed E-state index contributed by atoms with van der Waals surface area (Å²) in [6.07, 6.45) is 1.36. The van der Waals surface area contributed by atoms with Gasteiger partial charge in [-0.15, -0.1) is 0 Å². The van der Waals surface area contributed by atoms with Gasteiger partial charge in [-0.1, -0.05) is 30.3 Å². The third-order valence-corrected chi connectivity index (χ3v) is 5.75. The minimum absolute atomic E-state index is 0.117. The van der Waals surface area contributed by atoms with Gasteiger partial charge in [-0.25, -0.2) is 9.59 Å². The maximum absolute atomic E-state index is 13.0. The normalized spacial score (nSPS) is 20.8. The van der Waals surface area contributed by atoms with Crippen molar-refractivity contribution in [1.82, 2.24) is 15.1 Å². The van der Waals surface area contributed by atoms with Crippen LogP contribution < -0.4 is 11.1 Å². The number of piperidine rings is 1. The van der Waals surface area contributed by atoms with Crippen LogP contribution in [0.15, 0.2) is 41.6 Å². The Bertz CT molecular complexity index is 816. The van der Waals surface area contributed by atoms with Crippen molar-refractivity contribution >= 4 is 17.9 Å². The molecule has 1 saturated heterocycles. The van der Waals surface area contributed by atoms with Crippen LogP contribution in [0.3, 0.4) is 0 Å². The van der Waals surface area contributed by atoms with Crippen molar-refractivity contribution in [3.63, 3.8) is 0 Å². The highest BCUT2D eigenvalue weighted by atomic mass is 16.5. The van der Waals surface area contributed by atoms with Crippen molar-refractivity contribution < 1.29 is 19.1 Å². The molecule has 0 saturated carbocycles. The first kappa shape index (κ1) is 21.8. The van der Waals surface area contributed by atoms with Crippen LogP contribution in [0.4, 0.5) is 4.79 Å². The van der Waals surface area contributed by atoms with Crippen LogP contribution in [-0.2, 0) is 14.3 Å². The lowest BCUT2D eigenvalue weighted by Gasteiger charge is -2.39. The summed E-state index contributed by atoms with van der Waals surface area (Å²) < 4.78 is 5.37. The molecule has 8 nitrogen and oxygen atoms in total. The van der Waals surface area contributed by atoms with Crippen molar-refractivity contribution in [2.24, 2.45) is 11.7 Å². The molecule has 1 aromatic carbocycles. The summed E-state index contributed by atoms with van der Waals surface area (Å²) >= 11 is 0. The van der Waals surface area contributed by atoms with Gasteiger partial charge in [0.25, 0.3) is 0 Å². The van der Waals surface area contributed by atoms with E-state index >= 15 is 0 Å². The maximum Gasteiger partial charge on any atom is 0.338 e. The summed E-state index contributed by atoms with van der Waals surface area (Å²) in [6.45, 7) is 6.13. The van der Waals surface area contributed by atoms with Crippen LogP contribution in [0.5, 0.6) is 0 Å². The van der Waals surface area contributed by atoms with Crippen LogP contribution in [0.25, 0.3) is 0 Å². The molecule has 0 radical (unpaired) electrons. The molecule has 2 heterocycles. The molecule has 3 amide bonds. The van der Waals surface area contributed by atoms with Gasteiger partial charge in [0.15, 0.2) is 0 Å². The fourth-order valence-electron chi connectivity index (χ4n) is 4.14. The van der Waals surface area contributed by atoms with Gasteiger partial charge in [-0.2, -0.15) is 0 Å². The molecular formula is C22H30N4O4. The lowest BCUT2D eigenvalue weighted by Crippen LogP contribution is -2.51. The molecule has 0 aliphatic carbocycles. The predicted octanol–water partition coefficient (Wildman–Crippen LogP) is 1.79. The first-order valence-electron chi connectivity index (χ1n) is 10.5. The van der Waals surface area contributed by atoms with Gasteiger partial charge in [0, 0.05) is 24.7 Å². The quantitative estimate of drug-likeness (QED) is 0.662. The van der Waals surface area contributed by atoms with Gasteiger partial charge in [-0.05, 0) is 45.3 Å². The van der Waals surface area contributed by atoms with E-state index in [-0.39, 0.29) is 24.5 Å².